The second kappa shape index (κ2) is 27.3. The van der Waals surface area contributed by atoms with Gasteiger partial charge in [0, 0.05) is 75.7 Å². The largest absolute Gasteiger partial charge is 0.447 e. The molecule has 1 aliphatic heterocycles. The number of unbranched alkanes of at least 4 members (excludes halogenated alkanes) is 1. The van der Waals surface area contributed by atoms with Gasteiger partial charge >= 0.3 is 0 Å². The van der Waals surface area contributed by atoms with Gasteiger partial charge in [-0.15, -0.1) is 0 Å². The Bertz CT molecular complexity index is 1820. The number of likely N-dealkylation sites (tertiary alicyclic amines) is 1. The van der Waals surface area contributed by atoms with Crippen LogP contribution in [0.15, 0.2) is 48.5 Å². The minimum absolute atomic E-state index is 0. The van der Waals surface area contributed by atoms with Crippen LogP contribution in [0, 0.1) is 17.8 Å². The van der Waals surface area contributed by atoms with Crippen molar-refractivity contribution in [3.8, 4) is 0 Å². The molecule has 15 nitrogen and oxygen atoms in total. The maximum atomic E-state index is 14.4. The van der Waals surface area contributed by atoms with Crippen molar-refractivity contribution in [2.45, 2.75) is 136 Å². The Morgan fingerprint density at radius 2 is 1.43 bits per heavy atom. The number of anilines is 2. The Labute approximate surface area is 399 Å². The fraction of sp³-hybridized carbons (Fsp3) is 0.596. The number of ketones is 3. The van der Waals surface area contributed by atoms with Crippen molar-refractivity contribution < 1.29 is 66.3 Å². The van der Waals surface area contributed by atoms with E-state index in [2.05, 4.69) is 40.0 Å². The summed E-state index contributed by atoms with van der Waals surface area (Å²) in [6.07, 6.45) is 3.49. The number of nitrogens with two attached hydrogens (primary N) is 1. The van der Waals surface area contributed by atoms with Crippen LogP contribution in [0.3, 0.4) is 0 Å². The zero-order valence-electron chi connectivity index (χ0n) is 38.6. The summed E-state index contributed by atoms with van der Waals surface area (Å²) < 4.78 is 0. The molecule has 0 aliphatic carbocycles. The van der Waals surface area contributed by atoms with Crippen molar-refractivity contribution in [1.29, 1.82) is 0 Å². The van der Waals surface area contributed by atoms with Crippen LogP contribution in [-0.4, -0.2) is 108 Å². The van der Waals surface area contributed by atoms with Crippen molar-refractivity contribution in [3.05, 3.63) is 65.4 Å². The van der Waals surface area contributed by atoms with Crippen LogP contribution in [0.2, 0.25) is 0 Å². The summed E-state index contributed by atoms with van der Waals surface area (Å²) in [4.78, 5) is 97.6. The van der Waals surface area contributed by atoms with E-state index < -0.39 is 53.8 Å². The number of nitrogen functional groups attached to an aromatic ring is 1. The molecule has 0 aromatic heterocycles. The van der Waals surface area contributed by atoms with E-state index >= 15 is 0 Å². The van der Waals surface area contributed by atoms with Crippen LogP contribution >= 0.6 is 0 Å². The van der Waals surface area contributed by atoms with Crippen LogP contribution in [0.1, 0.15) is 104 Å². The molecular formula is C47H71N8O7Y-. The number of likely N-dealkylation sites (N-methyl/N-ethyl adjacent to an activating group) is 1. The van der Waals surface area contributed by atoms with Crippen LogP contribution in [0.4, 0.5) is 16.2 Å². The number of amides is 5. The molecule has 2 aromatic carbocycles. The number of hydrogen-bond acceptors (Lipinski definition) is 10. The Morgan fingerprint density at radius 3 is 2.00 bits per heavy atom. The van der Waals surface area contributed by atoms with E-state index in [9.17, 15) is 33.6 Å². The van der Waals surface area contributed by atoms with Gasteiger partial charge in [0.15, 0.2) is 17.6 Å². The zero-order valence-corrected chi connectivity index (χ0v) is 41.5. The van der Waals surface area contributed by atoms with E-state index in [-0.39, 0.29) is 87.6 Å². The van der Waals surface area contributed by atoms with Gasteiger partial charge < -0.3 is 42.5 Å². The molecule has 63 heavy (non-hydrogen) atoms. The Hall–Kier alpha value is -4.05. The summed E-state index contributed by atoms with van der Waals surface area (Å²) in [5.41, 5.74) is 15.7. The van der Waals surface area contributed by atoms with Crippen LogP contribution < -0.4 is 27.0 Å². The van der Waals surface area contributed by atoms with Gasteiger partial charge in [-0.05, 0) is 128 Å². The third-order valence-electron chi connectivity index (χ3n) is 11.9. The topological polar surface area (TPSA) is 224 Å². The maximum absolute atomic E-state index is 14.4. The third-order valence-corrected chi connectivity index (χ3v) is 11.9. The molecule has 1 saturated heterocycles. The summed E-state index contributed by atoms with van der Waals surface area (Å²) in [6.45, 7) is 12.4. The van der Waals surface area contributed by atoms with Gasteiger partial charge in [0.2, 0.25) is 17.7 Å². The van der Waals surface area contributed by atoms with Crippen molar-refractivity contribution in [3.63, 3.8) is 0 Å². The average molecular weight is 949 g/mol. The van der Waals surface area contributed by atoms with E-state index in [1.165, 1.54) is 6.92 Å². The van der Waals surface area contributed by atoms with Gasteiger partial charge in [-0.3, -0.25) is 33.6 Å². The molecule has 1 heterocycles. The molecule has 1 radical (unpaired) electrons. The predicted molar refractivity (Wildman–Crippen MR) is 243 cm³/mol. The smallest absolute Gasteiger partial charge is 0.245 e. The molecule has 345 valence electrons. The first kappa shape index (κ1) is 55.1. The summed E-state index contributed by atoms with van der Waals surface area (Å²) in [6, 6.07) is 9.96. The number of carbonyl (C=O) groups excluding carboxylic acids is 7. The van der Waals surface area contributed by atoms with Gasteiger partial charge in [-0.25, -0.2) is 0 Å². The molecule has 1 fully saturated rings. The Kier molecular flexibility index (Phi) is 23.9. The van der Waals surface area contributed by atoms with Crippen LogP contribution in [0.25, 0.3) is 5.73 Å². The summed E-state index contributed by atoms with van der Waals surface area (Å²) >= 11 is 0. The van der Waals surface area contributed by atoms with Crippen LogP contribution in [-0.2, 0) is 74.3 Å². The molecule has 3 rings (SSSR count). The van der Waals surface area contributed by atoms with E-state index in [4.69, 9.17) is 11.5 Å². The number of rotatable bonds is 26. The number of nitrogens with one attached hydrogen (secondary N) is 5. The number of nitrogens with zero attached hydrogens (tertiary/aromatic N) is 2. The van der Waals surface area contributed by atoms with Crippen molar-refractivity contribution >= 4 is 52.5 Å². The molecule has 16 heteroatoms. The number of benzene rings is 2. The minimum Gasteiger partial charge on any atom is -0.447 e. The maximum Gasteiger partial charge on any atom is 0.245 e. The summed E-state index contributed by atoms with van der Waals surface area (Å²) in [7, 11) is 3.72. The molecular weight excluding hydrogens is 877 g/mol. The fourth-order valence-corrected chi connectivity index (χ4v) is 7.69. The summed E-state index contributed by atoms with van der Waals surface area (Å²) in [5.74, 6) is -3.25. The van der Waals surface area contributed by atoms with E-state index in [1.807, 2.05) is 33.0 Å². The van der Waals surface area contributed by atoms with Crippen LogP contribution in [0.5, 0.6) is 0 Å². The molecule has 0 saturated carbocycles. The monoisotopic (exact) mass is 948 g/mol. The second-order valence-electron chi connectivity index (χ2n) is 17.7. The Balaban J connectivity index is 0.0000137. The van der Waals surface area contributed by atoms with Gasteiger partial charge in [0.25, 0.3) is 0 Å². The van der Waals surface area contributed by atoms with Gasteiger partial charge in [0.05, 0.1) is 12.1 Å². The fourth-order valence-electron chi connectivity index (χ4n) is 7.69. The second-order valence-corrected chi connectivity index (χ2v) is 17.7. The van der Waals surface area contributed by atoms with Crippen molar-refractivity contribution in [1.82, 2.24) is 25.8 Å². The summed E-state index contributed by atoms with van der Waals surface area (Å²) in [5, 5.41) is 11.4. The minimum atomic E-state index is -1.04. The normalized spacial score (nSPS) is 16.1. The van der Waals surface area contributed by atoms with Crippen molar-refractivity contribution in [2.75, 3.05) is 38.2 Å². The molecule has 0 spiro atoms. The van der Waals surface area contributed by atoms with E-state index in [0.29, 0.717) is 61.6 Å². The number of hydrogen-bond donors (Lipinski definition) is 5. The molecule has 1 aliphatic rings. The van der Waals surface area contributed by atoms with Crippen molar-refractivity contribution in [2.24, 2.45) is 17.8 Å². The number of Topliss-reactive ketones (excluding diaryl/α,β-unsaturated/α-hetero) is 3. The number of urea groups is 1. The van der Waals surface area contributed by atoms with Gasteiger partial charge in [0.1, 0.15) is 17.9 Å². The quantitative estimate of drug-likeness (QED) is 0.0588. The zero-order chi connectivity index (χ0) is 46.1. The number of carbonyl (C=O) groups is 7. The molecule has 5 amide bonds. The first-order valence-electron chi connectivity index (χ1n) is 22.1. The molecule has 7 N–H and O–H groups in total. The molecule has 0 bridgehead atoms. The van der Waals surface area contributed by atoms with E-state index in [1.54, 1.807) is 55.3 Å². The standard InChI is InChI=1S/C47H72N8O7.Y/c1-29(2)24-40(45(60)52-38(12-9-10-22-54(8)30(3)4)46(61)55-23-11-13-41(55)43(58)25-31(5)32(6)56)53-44(59)35(26-33-16-20-37(21-17-33)51-47(49)62)28-42(57)39(50-7)27-34-14-18-36(48)19-15-34;/h14-21,29-31,35,38-41,50H,9-13,22-28,48H2,1-8H3,(H5,49,51,52,53,59,60,62);/p-1/t31-,35-,38-,39-,40-,41-;/m0./s1. The average Bonchev–Trinajstić information content (AvgIpc) is 3.71. The Morgan fingerprint density at radius 1 is 0.825 bits per heavy atom. The van der Waals surface area contributed by atoms with E-state index in [0.717, 1.165) is 18.5 Å². The van der Waals surface area contributed by atoms with Gasteiger partial charge in [-0.2, -0.15) is 0 Å². The SMILES string of the molecule is CN[C@@H](Cc1ccc(N)cc1)C(=O)C[C@H](Cc1ccc(NC([NH-])=O)cc1)C(=O)N[C@@H](CC(C)C)C(=O)N[C@@H](CCCCN(C)C(C)C)C(=O)N1CCC[C@H]1C(=O)C[C@H](C)C(C)=O.[Y]. The van der Waals surface area contributed by atoms with Gasteiger partial charge in [-0.1, -0.05) is 57.2 Å². The first-order valence-corrected chi connectivity index (χ1v) is 22.1. The first-order chi connectivity index (χ1) is 29.3. The predicted octanol–water partition coefficient (Wildman–Crippen LogP) is 5.50. The third kappa shape index (κ3) is 18.5. The molecule has 2 aromatic rings. The molecule has 0 unspecified atom stereocenters. The molecule has 6 atom stereocenters.